The maximum atomic E-state index is 13.5. The number of carbonyl (C=O) groups is 1. The Morgan fingerprint density at radius 1 is 1.21 bits per heavy atom. The fourth-order valence-electron chi connectivity index (χ4n) is 3.74. The van der Waals surface area contributed by atoms with E-state index in [4.69, 9.17) is 0 Å². The second kappa shape index (κ2) is 7.49. The average Bonchev–Trinajstić information content (AvgIpc) is 3.19. The molecule has 1 aliphatic rings. The highest BCUT2D eigenvalue weighted by atomic mass is 19.4. The fraction of sp³-hybridized carbons (Fsp3) is 0.474. The van der Waals surface area contributed by atoms with Gasteiger partial charge in [0.15, 0.2) is 5.82 Å². The number of rotatable bonds is 4. The van der Waals surface area contributed by atoms with Crippen molar-refractivity contribution in [3.8, 4) is 0 Å². The lowest BCUT2D eigenvalue weighted by Crippen LogP contribution is -2.33. The number of para-hydroxylation sites is 2. The number of nitrogens with one attached hydrogen (secondary N) is 1. The van der Waals surface area contributed by atoms with Crippen LogP contribution in [0.25, 0.3) is 11.0 Å². The number of carbonyl (C=O) groups excluding carboxylic acids is 1. The van der Waals surface area contributed by atoms with Crippen LogP contribution in [0, 0.1) is 0 Å². The van der Waals surface area contributed by atoms with Crippen molar-refractivity contribution in [3.05, 3.63) is 41.7 Å². The fourth-order valence-corrected chi connectivity index (χ4v) is 3.74. The number of hydrogen-bond acceptors (Lipinski definition) is 4. The van der Waals surface area contributed by atoms with E-state index in [0.29, 0.717) is 5.82 Å². The Bertz CT molecular complexity index is 1040. The van der Waals surface area contributed by atoms with E-state index in [0.717, 1.165) is 42.6 Å². The monoisotopic (exact) mass is 406 g/mol. The molecule has 1 aliphatic heterocycles. The normalized spacial score (nSPS) is 15.7. The van der Waals surface area contributed by atoms with Crippen LogP contribution in [0.5, 0.6) is 0 Å². The molecule has 0 saturated heterocycles. The lowest BCUT2D eigenvalue weighted by molar-refractivity contribution is -0.148. The third-order valence-corrected chi connectivity index (χ3v) is 5.22. The first-order valence-electron chi connectivity index (χ1n) is 9.59. The molecule has 1 aromatic carbocycles. The largest absolute Gasteiger partial charge is 0.449 e. The van der Waals surface area contributed by atoms with Gasteiger partial charge in [0, 0.05) is 13.0 Å². The lowest BCUT2D eigenvalue weighted by Gasteiger charge is -2.18. The zero-order valence-corrected chi connectivity index (χ0v) is 15.9. The molecular formula is C19H21F3N6O. The van der Waals surface area contributed by atoms with Gasteiger partial charge in [-0.1, -0.05) is 18.6 Å². The molecule has 0 spiro atoms. The number of aryl methyl sites for hydroxylation is 1. The number of hydrogen-bond donors (Lipinski definition) is 1. The summed E-state index contributed by atoms with van der Waals surface area (Å²) >= 11 is 0. The predicted molar refractivity (Wildman–Crippen MR) is 98.9 cm³/mol. The van der Waals surface area contributed by atoms with Crippen molar-refractivity contribution < 1.29 is 18.0 Å². The van der Waals surface area contributed by atoms with E-state index in [1.165, 1.54) is 19.1 Å². The average molecular weight is 406 g/mol. The van der Waals surface area contributed by atoms with Gasteiger partial charge >= 0.3 is 6.18 Å². The molecular weight excluding hydrogens is 385 g/mol. The molecule has 29 heavy (non-hydrogen) atoms. The second-order valence-corrected chi connectivity index (χ2v) is 7.18. The number of aromatic nitrogens is 5. The highest BCUT2D eigenvalue weighted by molar-refractivity contribution is 5.84. The van der Waals surface area contributed by atoms with Gasteiger partial charge in [0.1, 0.15) is 11.9 Å². The molecule has 0 bridgehead atoms. The van der Waals surface area contributed by atoms with Crippen LogP contribution in [0.3, 0.4) is 0 Å². The summed E-state index contributed by atoms with van der Waals surface area (Å²) in [6, 6.07) is 5.17. The van der Waals surface area contributed by atoms with Crippen LogP contribution in [0.15, 0.2) is 24.3 Å². The summed E-state index contributed by atoms with van der Waals surface area (Å²) in [7, 11) is 0. The number of amides is 1. The maximum absolute atomic E-state index is 13.5. The highest BCUT2D eigenvalue weighted by Crippen LogP contribution is 2.33. The third kappa shape index (κ3) is 3.70. The van der Waals surface area contributed by atoms with E-state index in [9.17, 15) is 18.0 Å². The minimum Gasteiger partial charge on any atom is -0.347 e. The molecule has 7 nitrogen and oxygen atoms in total. The molecule has 154 valence electrons. The second-order valence-electron chi connectivity index (χ2n) is 7.18. The molecule has 1 atom stereocenters. The third-order valence-electron chi connectivity index (χ3n) is 5.22. The summed E-state index contributed by atoms with van der Waals surface area (Å²) in [4.78, 5) is 16.4. The molecule has 0 aliphatic carbocycles. The quantitative estimate of drug-likeness (QED) is 0.722. The van der Waals surface area contributed by atoms with Crippen molar-refractivity contribution in [2.45, 2.75) is 57.9 Å². The standard InChI is InChI=1S/C19H21F3N6O/c1-12(28-14-8-5-4-7-13(14)24-18(28)19(20,21)22)17(29)23-11-16-26-25-15-9-3-2-6-10-27(15)16/h4-5,7-8,12H,2-3,6,9-11H2,1H3,(H,23,29). The summed E-state index contributed by atoms with van der Waals surface area (Å²) < 4.78 is 43.5. The number of imidazole rings is 1. The van der Waals surface area contributed by atoms with E-state index in [1.54, 1.807) is 12.1 Å². The maximum Gasteiger partial charge on any atom is 0.449 e. The molecule has 0 saturated carbocycles. The Kier molecular flexibility index (Phi) is 5.01. The van der Waals surface area contributed by atoms with Gasteiger partial charge in [-0.25, -0.2) is 4.98 Å². The van der Waals surface area contributed by atoms with Gasteiger partial charge in [-0.2, -0.15) is 13.2 Å². The molecule has 1 amide bonds. The van der Waals surface area contributed by atoms with Gasteiger partial charge in [-0.05, 0) is 31.9 Å². The Morgan fingerprint density at radius 3 is 2.79 bits per heavy atom. The summed E-state index contributed by atoms with van der Waals surface area (Å²) in [5, 5.41) is 11.0. The van der Waals surface area contributed by atoms with E-state index < -0.39 is 23.9 Å². The zero-order chi connectivity index (χ0) is 20.6. The van der Waals surface area contributed by atoms with Crippen molar-refractivity contribution in [1.82, 2.24) is 29.6 Å². The first-order chi connectivity index (χ1) is 13.9. The van der Waals surface area contributed by atoms with Gasteiger partial charge < -0.3 is 14.5 Å². The van der Waals surface area contributed by atoms with Crippen molar-refractivity contribution >= 4 is 16.9 Å². The molecule has 1 N–H and O–H groups in total. The highest BCUT2D eigenvalue weighted by Gasteiger charge is 2.39. The van der Waals surface area contributed by atoms with Crippen molar-refractivity contribution in [2.75, 3.05) is 0 Å². The van der Waals surface area contributed by atoms with Gasteiger partial charge in [-0.15, -0.1) is 10.2 Å². The van der Waals surface area contributed by atoms with Crippen LogP contribution in [0.1, 0.15) is 49.7 Å². The van der Waals surface area contributed by atoms with E-state index in [-0.39, 0.29) is 17.6 Å². The summed E-state index contributed by atoms with van der Waals surface area (Å²) in [5.74, 6) is -0.115. The number of benzene rings is 1. The van der Waals surface area contributed by atoms with Crippen LogP contribution in [-0.4, -0.2) is 30.2 Å². The van der Waals surface area contributed by atoms with Crippen LogP contribution in [0.2, 0.25) is 0 Å². The van der Waals surface area contributed by atoms with Gasteiger partial charge in [0.2, 0.25) is 11.7 Å². The van der Waals surface area contributed by atoms with Crippen LogP contribution >= 0.6 is 0 Å². The molecule has 3 aromatic rings. The SMILES string of the molecule is CC(C(=O)NCc1nnc2n1CCCCC2)n1c(C(F)(F)F)nc2ccccc21. The Balaban J connectivity index is 1.57. The Labute approximate surface area is 164 Å². The van der Waals surface area contributed by atoms with E-state index >= 15 is 0 Å². The molecule has 10 heteroatoms. The number of halogens is 3. The first-order valence-corrected chi connectivity index (χ1v) is 9.59. The van der Waals surface area contributed by atoms with Crippen LogP contribution in [0.4, 0.5) is 13.2 Å². The lowest BCUT2D eigenvalue weighted by atomic mass is 10.2. The summed E-state index contributed by atoms with van der Waals surface area (Å²) in [6.45, 7) is 2.33. The minimum absolute atomic E-state index is 0.115. The van der Waals surface area contributed by atoms with Gasteiger partial charge in [-0.3, -0.25) is 4.79 Å². The number of alkyl halides is 3. The van der Waals surface area contributed by atoms with Crippen molar-refractivity contribution in [1.29, 1.82) is 0 Å². The molecule has 1 unspecified atom stereocenters. The van der Waals surface area contributed by atoms with Crippen LogP contribution in [-0.2, 0) is 30.5 Å². The van der Waals surface area contributed by atoms with E-state index in [2.05, 4.69) is 20.5 Å². The smallest absolute Gasteiger partial charge is 0.347 e. The molecule has 0 radical (unpaired) electrons. The Morgan fingerprint density at radius 2 is 2.00 bits per heavy atom. The van der Waals surface area contributed by atoms with Gasteiger partial charge in [0.25, 0.3) is 0 Å². The number of nitrogens with zero attached hydrogens (tertiary/aromatic N) is 5. The van der Waals surface area contributed by atoms with Crippen molar-refractivity contribution in [3.63, 3.8) is 0 Å². The zero-order valence-electron chi connectivity index (χ0n) is 15.9. The molecule has 4 rings (SSSR count). The summed E-state index contributed by atoms with van der Waals surface area (Å²) in [6.07, 6.45) is -0.654. The van der Waals surface area contributed by atoms with E-state index in [1.807, 2.05) is 4.57 Å². The number of fused-ring (bicyclic) bond motifs is 2. The molecule has 2 aromatic heterocycles. The Hall–Kier alpha value is -2.91. The van der Waals surface area contributed by atoms with Crippen molar-refractivity contribution in [2.24, 2.45) is 0 Å². The van der Waals surface area contributed by atoms with Gasteiger partial charge in [0.05, 0.1) is 17.6 Å². The predicted octanol–water partition coefficient (Wildman–Crippen LogP) is 3.25. The molecule has 0 fully saturated rings. The van der Waals surface area contributed by atoms with Crippen LogP contribution < -0.4 is 5.32 Å². The summed E-state index contributed by atoms with van der Waals surface area (Å²) in [5.41, 5.74) is 0.459. The first kappa shape index (κ1) is 19.4. The minimum atomic E-state index is -4.67. The molecule has 3 heterocycles. The topological polar surface area (TPSA) is 77.6 Å².